The summed E-state index contributed by atoms with van der Waals surface area (Å²) in [4.78, 5) is 11.8. The number of benzene rings is 2. The summed E-state index contributed by atoms with van der Waals surface area (Å²) >= 11 is 0. The molecule has 2 aromatic carbocycles. The maximum atomic E-state index is 11.8. The van der Waals surface area contributed by atoms with E-state index in [1.54, 1.807) is 6.92 Å². The number of Topliss-reactive ketones (excluding diaryl/α,β-unsaturated/α-hetero) is 1. The number of allylic oxidation sites excluding steroid dienone is 2. The molecule has 0 aromatic heterocycles. The number of ether oxygens (including phenoxy) is 2. The Hall–Kier alpha value is -2.75. The first-order chi connectivity index (χ1) is 12.2. The fourth-order valence-corrected chi connectivity index (χ4v) is 4.25. The molecule has 25 heavy (non-hydrogen) atoms. The molecule has 4 heteroatoms. The summed E-state index contributed by atoms with van der Waals surface area (Å²) in [5.41, 5.74) is 4.33. The Kier molecular flexibility index (Phi) is 3.14. The van der Waals surface area contributed by atoms with Crippen LogP contribution in [0.1, 0.15) is 46.8 Å². The van der Waals surface area contributed by atoms with E-state index in [1.165, 1.54) is 11.1 Å². The van der Waals surface area contributed by atoms with E-state index in [-0.39, 0.29) is 11.8 Å². The van der Waals surface area contributed by atoms with Crippen molar-refractivity contribution in [2.45, 2.75) is 25.3 Å². The van der Waals surface area contributed by atoms with Crippen molar-refractivity contribution in [1.29, 1.82) is 0 Å². The first kappa shape index (κ1) is 14.6. The molecule has 0 saturated heterocycles. The molecule has 0 amide bonds. The predicted molar refractivity (Wildman–Crippen MR) is 95.4 cm³/mol. The van der Waals surface area contributed by atoms with Crippen LogP contribution in [0, 0.1) is 5.92 Å². The SMILES string of the molecule is CC(=O)c1ccc2c(c1)[C@@H]1C=CC[C@@H]1[C@H](c1ccc3c(c1)OCO3)N2. The number of hydrogen-bond donors (Lipinski definition) is 1. The molecule has 5 rings (SSSR count). The zero-order valence-electron chi connectivity index (χ0n) is 14.0. The third kappa shape index (κ3) is 2.24. The standard InChI is InChI=1S/C21H19NO3/c1-12(23)13-5-7-18-17(9-13)15-3-2-4-16(15)21(22-18)14-6-8-19-20(10-14)25-11-24-19/h2-3,5-10,15-16,21-22H,4,11H2,1H3/t15-,16+,21+/m1/s1. The number of carbonyl (C=O) groups excluding carboxylic acids is 1. The lowest BCUT2D eigenvalue weighted by Crippen LogP contribution is -2.29. The molecular weight excluding hydrogens is 314 g/mol. The van der Waals surface area contributed by atoms with Crippen molar-refractivity contribution in [1.82, 2.24) is 0 Å². The van der Waals surface area contributed by atoms with E-state index < -0.39 is 0 Å². The van der Waals surface area contributed by atoms with Gasteiger partial charge in [0, 0.05) is 17.2 Å². The van der Waals surface area contributed by atoms with E-state index in [9.17, 15) is 4.79 Å². The Morgan fingerprint density at radius 3 is 2.88 bits per heavy atom. The van der Waals surface area contributed by atoms with Crippen LogP contribution < -0.4 is 14.8 Å². The summed E-state index contributed by atoms with van der Waals surface area (Å²) in [6.45, 7) is 1.91. The topological polar surface area (TPSA) is 47.6 Å². The van der Waals surface area contributed by atoms with E-state index in [0.717, 1.165) is 29.2 Å². The molecule has 0 saturated carbocycles. The molecular formula is C21H19NO3. The average molecular weight is 333 g/mol. The fraction of sp³-hybridized carbons (Fsp3) is 0.286. The van der Waals surface area contributed by atoms with Crippen molar-refractivity contribution in [2.75, 3.05) is 12.1 Å². The molecule has 2 heterocycles. The van der Waals surface area contributed by atoms with E-state index in [1.807, 2.05) is 24.3 Å². The molecule has 0 radical (unpaired) electrons. The van der Waals surface area contributed by atoms with Gasteiger partial charge in [-0.15, -0.1) is 0 Å². The first-order valence-electron chi connectivity index (χ1n) is 8.68. The van der Waals surface area contributed by atoms with Crippen LogP contribution >= 0.6 is 0 Å². The lowest BCUT2D eigenvalue weighted by Gasteiger charge is -2.37. The van der Waals surface area contributed by atoms with Gasteiger partial charge in [-0.25, -0.2) is 0 Å². The van der Waals surface area contributed by atoms with Crippen LogP contribution in [0.25, 0.3) is 0 Å². The molecule has 0 bridgehead atoms. The summed E-state index contributed by atoms with van der Waals surface area (Å²) in [5.74, 6) is 2.52. The number of anilines is 1. The summed E-state index contributed by atoms with van der Waals surface area (Å²) < 4.78 is 11.0. The number of rotatable bonds is 2. The largest absolute Gasteiger partial charge is 0.454 e. The maximum Gasteiger partial charge on any atom is 0.231 e. The second kappa shape index (κ2) is 5.38. The smallest absolute Gasteiger partial charge is 0.231 e. The molecule has 4 nitrogen and oxygen atoms in total. The van der Waals surface area contributed by atoms with Crippen molar-refractivity contribution in [3.05, 3.63) is 65.2 Å². The molecule has 0 spiro atoms. The maximum absolute atomic E-state index is 11.8. The predicted octanol–water partition coefficient (Wildman–Crippen LogP) is 4.44. The van der Waals surface area contributed by atoms with Crippen LogP contribution in [-0.2, 0) is 0 Å². The number of ketones is 1. The van der Waals surface area contributed by atoms with Gasteiger partial charge in [-0.2, -0.15) is 0 Å². The lowest BCUT2D eigenvalue weighted by molar-refractivity contribution is 0.101. The van der Waals surface area contributed by atoms with Crippen LogP contribution in [0.5, 0.6) is 11.5 Å². The molecule has 0 unspecified atom stereocenters. The lowest BCUT2D eigenvalue weighted by atomic mass is 9.76. The van der Waals surface area contributed by atoms with Crippen LogP contribution in [0.15, 0.2) is 48.6 Å². The third-order valence-electron chi connectivity index (χ3n) is 5.53. The Morgan fingerprint density at radius 1 is 1.12 bits per heavy atom. The number of carbonyl (C=O) groups is 1. The Balaban J connectivity index is 1.56. The Bertz CT molecular complexity index is 902. The summed E-state index contributed by atoms with van der Waals surface area (Å²) in [6.07, 6.45) is 5.57. The van der Waals surface area contributed by atoms with Gasteiger partial charge >= 0.3 is 0 Å². The van der Waals surface area contributed by atoms with Crippen molar-refractivity contribution < 1.29 is 14.3 Å². The van der Waals surface area contributed by atoms with Crippen molar-refractivity contribution in [3.63, 3.8) is 0 Å². The van der Waals surface area contributed by atoms with Gasteiger partial charge in [-0.1, -0.05) is 18.2 Å². The van der Waals surface area contributed by atoms with Gasteiger partial charge in [-0.3, -0.25) is 4.79 Å². The molecule has 2 aromatic rings. The van der Waals surface area contributed by atoms with Crippen LogP contribution in [0.3, 0.4) is 0 Å². The van der Waals surface area contributed by atoms with Gasteiger partial charge in [0.1, 0.15) is 0 Å². The highest BCUT2D eigenvalue weighted by Crippen LogP contribution is 2.50. The highest BCUT2D eigenvalue weighted by molar-refractivity contribution is 5.95. The molecule has 126 valence electrons. The minimum Gasteiger partial charge on any atom is -0.454 e. The average Bonchev–Trinajstić information content (AvgIpc) is 3.29. The minimum absolute atomic E-state index is 0.110. The van der Waals surface area contributed by atoms with Gasteiger partial charge in [0.25, 0.3) is 0 Å². The quantitative estimate of drug-likeness (QED) is 0.652. The summed E-state index contributed by atoms with van der Waals surface area (Å²) in [6, 6.07) is 12.4. The zero-order valence-corrected chi connectivity index (χ0v) is 14.0. The molecule has 3 aliphatic rings. The van der Waals surface area contributed by atoms with Gasteiger partial charge in [-0.05, 0) is 60.7 Å². The van der Waals surface area contributed by atoms with Crippen LogP contribution in [0.4, 0.5) is 5.69 Å². The number of nitrogens with one attached hydrogen (secondary N) is 1. The van der Waals surface area contributed by atoms with Gasteiger partial charge in [0.15, 0.2) is 17.3 Å². The normalized spacial score (nSPS) is 25.2. The zero-order chi connectivity index (χ0) is 17.0. The number of hydrogen-bond acceptors (Lipinski definition) is 4. The van der Waals surface area contributed by atoms with E-state index in [4.69, 9.17) is 9.47 Å². The second-order valence-electron chi connectivity index (χ2n) is 6.95. The third-order valence-corrected chi connectivity index (χ3v) is 5.53. The van der Waals surface area contributed by atoms with Crippen molar-refractivity contribution >= 4 is 11.5 Å². The molecule has 2 aliphatic heterocycles. The number of fused-ring (bicyclic) bond motifs is 4. The summed E-state index contributed by atoms with van der Waals surface area (Å²) in [7, 11) is 0. The molecule has 3 atom stereocenters. The van der Waals surface area contributed by atoms with E-state index >= 15 is 0 Å². The minimum atomic E-state index is 0.110. The van der Waals surface area contributed by atoms with Gasteiger partial charge in [0.2, 0.25) is 6.79 Å². The highest BCUT2D eigenvalue weighted by atomic mass is 16.7. The van der Waals surface area contributed by atoms with E-state index in [0.29, 0.717) is 18.6 Å². The van der Waals surface area contributed by atoms with E-state index in [2.05, 4.69) is 29.6 Å². The first-order valence-corrected chi connectivity index (χ1v) is 8.68. The molecule has 0 fully saturated rings. The molecule has 1 aliphatic carbocycles. The summed E-state index contributed by atoms with van der Waals surface area (Å²) in [5, 5.41) is 3.69. The van der Waals surface area contributed by atoms with Gasteiger partial charge in [0.05, 0.1) is 6.04 Å². The van der Waals surface area contributed by atoms with Crippen molar-refractivity contribution in [2.24, 2.45) is 5.92 Å². The van der Waals surface area contributed by atoms with Crippen molar-refractivity contribution in [3.8, 4) is 11.5 Å². The monoisotopic (exact) mass is 333 g/mol. The molecule has 1 N–H and O–H groups in total. The Morgan fingerprint density at radius 2 is 2.00 bits per heavy atom. The fourth-order valence-electron chi connectivity index (χ4n) is 4.25. The van der Waals surface area contributed by atoms with Crippen LogP contribution in [-0.4, -0.2) is 12.6 Å². The van der Waals surface area contributed by atoms with Crippen LogP contribution in [0.2, 0.25) is 0 Å². The van der Waals surface area contributed by atoms with Gasteiger partial charge < -0.3 is 14.8 Å². The Labute approximate surface area is 146 Å². The highest BCUT2D eigenvalue weighted by Gasteiger charge is 2.38. The second-order valence-corrected chi connectivity index (χ2v) is 6.95.